The van der Waals surface area contributed by atoms with Crippen molar-refractivity contribution in [2.75, 3.05) is 11.9 Å². The molecule has 34 heavy (non-hydrogen) atoms. The second-order valence-electron chi connectivity index (χ2n) is 9.21. The van der Waals surface area contributed by atoms with Crippen LogP contribution in [0.25, 0.3) is 0 Å². The molecule has 1 rings (SSSR count). The second-order valence-corrected chi connectivity index (χ2v) is 9.21. The minimum Gasteiger partial charge on any atom is -0.444 e. The maximum atomic E-state index is 13.0. The van der Waals surface area contributed by atoms with Crippen molar-refractivity contribution in [3.8, 4) is 0 Å². The van der Waals surface area contributed by atoms with Gasteiger partial charge in [-0.1, -0.05) is 26.0 Å². The van der Waals surface area contributed by atoms with E-state index in [2.05, 4.69) is 21.3 Å². The molecule has 0 heterocycles. The van der Waals surface area contributed by atoms with Gasteiger partial charge in [0.1, 0.15) is 17.7 Å². The molecule has 0 aliphatic heterocycles. The third-order valence-electron chi connectivity index (χ3n) is 4.63. The molecule has 1 unspecified atom stereocenters. The number of carbonyl (C=O) groups is 4. The van der Waals surface area contributed by atoms with Crippen molar-refractivity contribution in [1.29, 1.82) is 0 Å². The molecule has 7 N–H and O–H groups in total. The summed E-state index contributed by atoms with van der Waals surface area (Å²) in [5, 5.41) is 19.6. The lowest BCUT2D eigenvalue weighted by atomic mass is 10.0. The molecule has 0 fully saturated rings. The first-order valence-corrected chi connectivity index (χ1v) is 11.2. The Morgan fingerprint density at radius 2 is 1.65 bits per heavy atom. The molecule has 0 saturated heterocycles. The quantitative estimate of drug-likeness (QED) is 0.263. The van der Waals surface area contributed by atoms with Gasteiger partial charge >= 0.3 is 12.1 Å². The zero-order valence-electron chi connectivity index (χ0n) is 20.4. The molecule has 2 atom stereocenters. The number of primary amides is 1. The first kappa shape index (κ1) is 28.7. The molecular formula is C23H37N5O6. The summed E-state index contributed by atoms with van der Waals surface area (Å²) in [6, 6.07) is 4.05. The molecule has 11 nitrogen and oxygen atoms in total. The van der Waals surface area contributed by atoms with Crippen LogP contribution in [0.1, 0.15) is 53.0 Å². The number of alkyl carbamates (subject to hydrolysis) is 1. The number of urea groups is 1. The summed E-state index contributed by atoms with van der Waals surface area (Å²) >= 11 is 0. The molecule has 1 aromatic carbocycles. The van der Waals surface area contributed by atoms with Gasteiger partial charge in [-0.05, 0) is 57.2 Å². The lowest BCUT2D eigenvalue weighted by Crippen LogP contribution is -2.55. The van der Waals surface area contributed by atoms with E-state index in [0.717, 1.165) is 0 Å². The van der Waals surface area contributed by atoms with Gasteiger partial charge in [0.15, 0.2) is 0 Å². The van der Waals surface area contributed by atoms with Crippen molar-refractivity contribution in [1.82, 2.24) is 16.0 Å². The maximum absolute atomic E-state index is 13.0. The number of anilines is 1. The Morgan fingerprint density at radius 3 is 2.15 bits per heavy atom. The van der Waals surface area contributed by atoms with Crippen LogP contribution in [-0.2, 0) is 20.9 Å². The van der Waals surface area contributed by atoms with Crippen molar-refractivity contribution in [2.24, 2.45) is 11.7 Å². The summed E-state index contributed by atoms with van der Waals surface area (Å²) in [6.07, 6.45) is -0.155. The fourth-order valence-electron chi connectivity index (χ4n) is 2.94. The molecule has 11 heteroatoms. The van der Waals surface area contributed by atoms with Crippen molar-refractivity contribution in [3.63, 3.8) is 0 Å². The predicted octanol–water partition coefficient (Wildman–Crippen LogP) is 1.60. The van der Waals surface area contributed by atoms with Crippen LogP contribution in [0.15, 0.2) is 24.3 Å². The number of nitrogens with two attached hydrogens (primary N) is 1. The van der Waals surface area contributed by atoms with Crippen molar-refractivity contribution in [3.05, 3.63) is 29.8 Å². The van der Waals surface area contributed by atoms with E-state index < -0.39 is 41.6 Å². The number of nitrogens with one attached hydrogen (secondary N) is 4. The number of amides is 5. The van der Waals surface area contributed by atoms with Gasteiger partial charge in [-0.15, -0.1) is 0 Å². The first-order chi connectivity index (χ1) is 15.8. The van der Waals surface area contributed by atoms with Crippen LogP contribution >= 0.6 is 0 Å². The summed E-state index contributed by atoms with van der Waals surface area (Å²) in [5.74, 6) is -1.29. The Kier molecular flexibility index (Phi) is 11.3. The third-order valence-corrected chi connectivity index (χ3v) is 4.63. The summed E-state index contributed by atoms with van der Waals surface area (Å²) in [4.78, 5) is 49.0. The largest absolute Gasteiger partial charge is 0.444 e. The number of rotatable bonds is 11. The van der Waals surface area contributed by atoms with Gasteiger partial charge in [0.25, 0.3) is 0 Å². The number of benzene rings is 1. The van der Waals surface area contributed by atoms with Gasteiger partial charge < -0.3 is 36.8 Å². The predicted molar refractivity (Wildman–Crippen MR) is 128 cm³/mol. The average Bonchev–Trinajstić information content (AvgIpc) is 2.72. The van der Waals surface area contributed by atoms with E-state index in [1.807, 2.05) is 0 Å². The fourth-order valence-corrected chi connectivity index (χ4v) is 2.94. The lowest BCUT2D eigenvalue weighted by Gasteiger charge is -2.27. The van der Waals surface area contributed by atoms with E-state index in [-0.39, 0.29) is 25.5 Å². The van der Waals surface area contributed by atoms with Gasteiger partial charge in [-0.25, -0.2) is 9.59 Å². The summed E-state index contributed by atoms with van der Waals surface area (Å²) < 4.78 is 5.24. The Labute approximate surface area is 200 Å². The first-order valence-electron chi connectivity index (χ1n) is 11.2. The van der Waals surface area contributed by atoms with E-state index in [1.165, 1.54) is 0 Å². The molecule has 0 saturated carbocycles. The fraction of sp³-hybridized carbons (Fsp3) is 0.565. The number of ether oxygens (including phenoxy) is 1. The SMILES string of the molecule is CC(C)[C@H](NC(=O)OC(C)(C)C)C(=O)NC(CCCNC(N)=O)C(=O)Nc1ccc(CO)cc1. The summed E-state index contributed by atoms with van der Waals surface area (Å²) in [6.45, 7) is 8.76. The molecular weight excluding hydrogens is 442 g/mol. The van der Waals surface area contributed by atoms with Crippen LogP contribution in [0.5, 0.6) is 0 Å². The van der Waals surface area contributed by atoms with E-state index in [9.17, 15) is 19.2 Å². The second kappa shape index (κ2) is 13.4. The van der Waals surface area contributed by atoms with Crippen LogP contribution in [0.4, 0.5) is 15.3 Å². The Hall–Kier alpha value is -3.34. The summed E-state index contributed by atoms with van der Waals surface area (Å²) in [7, 11) is 0. The average molecular weight is 480 g/mol. The normalized spacial score (nSPS) is 12.9. The topological polar surface area (TPSA) is 172 Å². The van der Waals surface area contributed by atoms with Crippen LogP contribution < -0.4 is 27.0 Å². The monoisotopic (exact) mass is 479 g/mol. The molecule has 1 aromatic rings. The van der Waals surface area contributed by atoms with E-state index in [0.29, 0.717) is 17.7 Å². The number of hydrogen-bond acceptors (Lipinski definition) is 6. The van der Waals surface area contributed by atoms with E-state index in [4.69, 9.17) is 15.6 Å². The number of aliphatic hydroxyl groups is 1. The Morgan fingerprint density at radius 1 is 1.03 bits per heavy atom. The van der Waals surface area contributed by atoms with E-state index >= 15 is 0 Å². The van der Waals surface area contributed by atoms with Crippen LogP contribution in [0.2, 0.25) is 0 Å². The minimum atomic E-state index is -0.943. The smallest absolute Gasteiger partial charge is 0.408 e. The van der Waals surface area contributed by atoms with Crippen molar-refractivity contribution in [2.45, 2.75) is 71.8 Å². The standard InChI is InChI=1S/C23H37N5O6/c1-14(2)18(28-22(33)34-23(3,4)5)20(31)27-17(7-6-12-25-21(24)32)19(30)26-16-10-8-15(13-29)9-11-16/h8-11,14,17-18,29H,6-7,12-13H2,1-5H3,(H,26,30)(H,27,31)(H,28,33)(H3,24,25,32)/t17?,18-/m0/s1. The molecule has 0 bridgehead atoms. The zero-order valence-corrected chi connectivity index (χ0v) is 20.4. The molecule has 0 aromatic heterocycles. The van der Waals surface area contributed by atoms with Gasteiger partial charge in [0.05, 0.1) is 6.61 Å². The Bertz CT molecular complexity index is 835. The summed E-state index contributed by atoms with van der Waals surface area (Å²) in [5.41, 5.74) is 5.52. The molecule has 0 radical (unpaired) electrons. The zero-order chi connectivity index (χ0) is 25.9. The van der Waals surface area contributed by atoms with Crippen LogP contribution in [0.3, 0.4) is 0 Å². The number of hydrogen-bond donors (Lipinski definition) is 6. The van der Waals surface area contributed by atoms with Gasteiger partial charge in [0.2, 0.25) is 11.8 Å². The number of carbonyl (C=O) groups excluding carboxylic acids is 4. The Balaban J connectivity index is 2.92. The molecule has 190 valence electrons. The number of aliphatic hydroxyl groups excluding tert-OH is 1. The van der Waals surface area contributed by atoms with Gasteiger partial charge in [-0.3, -0.25) is 9.59 Å². The molecule has 0 aliphatic rings. The molecule has 0 aliphatic carbocycles. The van der Waals surface area contributed by atoms with Gasteiger partial charge in [-0.2, -0.15) is 0 Å². The third kappa shape index (κ3) is 11.0. The van der Waals surface area contributed by atoms with Crippen LogP contribution in [-0.4, -0.2) is 53.3 Å². The van der Waals surface area contributed by atoms with Crippen molar-refractivity contribution >= 4 is 29.6 Å². The highest BCUT2D eigenvalue weighted by Gasteiger charge is 2.30. The maximum Gasteiger partial charge on any atom is 0.408 e. The highest BCUT2D eigenvalue weighted by molar-refractivity contribution is 5.98. The van der Waals surface area contributed by atoms with Gasteiger partial charge in [0, 0.05) is 12.2 Å². The highest BCUT2D eigenvalue weighted by atomic mass is 16.6. The van der Waals surface area contributed by atoms with Crippen molar-refractivity contribution < 1.29 is 29.0 Å². The highest BCUT2D eigenvalue weighted by Crippen LogP contribution is 2.12. The molecule has 0 spiro atoms. The van der Waals surface area contributed by atoms with E-state index in [1.54, 1.807) is 58.9 Å². The molecule has 5 amide bonds. The minimum absolute atomic E-state index is 0.124. The van der Waals surface area contributed by atoms with Crippen LogP contribution in [0, 0.1) is 5.92 Å². The lowest BCUT2D eigenvalue weighted by molar-refractivity contribution is -0.128.